The number of fused-ring (bicyclic) bond motifs is 4. The number of allylic oxidation sites excluding steroid dienone is 2. The van der Waals surface area contributed by atoms with Crippen molar-refractivity contribution in [2.45, 2.75) is 24.2 Å². The molecule has 6 atom stereocenters. The molecule has 52 heavy (non-hydrogen) atoms. The molecule has 0 radical (unpaired) electrons. The Hall–Kier alpha value is -5.07. The van der Waals surface area contributed by atoms with Gasteiger partial charge in [-0.2, -0.15) is 0 Å². The van der Waals surface area contributed by atoms with E-state index in [1.165, 1.54) is 17.0 Å². The zero-order valence-electron chi connectivity index (χ0n) is 27.8. The highest BCUT2D eigenvalue weighted by Gasteiger charge is 2.70. The van der Waals surface area contributed by atoms with Crippen LogP contribution in [0.25, 0.3) is 0 Å². The molecule has 2 heterocycles. The number of carbonyl (C=O) groups is 4. The van der Waals surface area contributed by atoms with E-state index in [9.17, 15) is 29.5 Å². The zero-order chi connectivity index (χ0) is 36.3. The fraction of sp³-hybridized carbons (Fsp3) is 0.250. The molecule has 2 aliphatic carbocycles. The molecule has 8 rings (SSSR count). The third-order valence-corrected chi connectivity index (χ3v) is 11.4. The molecule has 3 fully saturated rings. The lowest BCUT2D eigenvalue weighted by molar-refractivity contribution is -0.127. The van der Waals surface area contributed by atoms with Crippen LogP contribution in [-0.4, -0.2) is 59.1 Å². The molecule has 0 aromatic heterocycles. The number of para-hydroxylation sites is 1. The number of aliphatic hydroxyl groups is 1. The highest BCUT2D eigenvalue weighted by molar-refractivity contribution is 6.58. The number of aliphatic hydroxyl groups excluding tert-OH is 1. The minimum Gasteiger partial charge on any atom is -0.491 e. The first-order valence-electron chi connectivity index (χ1n) is 17.2. The van der Waals surface area contributed by atoms with Gasteiger partial charge in [0.2, 0.25) is 23.6 Å². The molecule has 2 saturated heterocycles. The molecular weight excluding hydrogens is 683 g/mol. The van der Waals surface area contributed by atoms with Crippen LogP contribution in [0.1, 0.15) is 29.9 Å². The summed E-state index contributed by atoms with van der Waals surface area (Å²) in [6, 6.07) is 29.1. The molecule has 4 aliphatic rings. The van der Waals surface area contributed by atoms with Crippen LogP contribution < -0.4 is 20.0 Å². The number of amides is 4. The van der Waals surface area contributed by atoms with Crippen molar-refractivity contribution >= 4 is 59.2 Å². The van der Waals surface area contributed by atoms with Gasteiger partial charge in [0.1, 0.15) is 12.4 Å². The number of hydrogen-bond acceptors (Lipinski definition) is 8. The molecule has 12 heteroatoms. The predicted molar refractivity (Wildman–Crippen MR) is 194 cm³/mol. The lowest BCUT2D eigenvalue weighted by atomic mass is 9.49. The van der Waals surface area contributed by atoms with E-state index in [2.05, 4.69) is 0 Å². The normalized spacial score (nSPS) is 26.5. The Morgan fingerprint density at radius 2 is 1.50 bits per heavy atom. The molecule has 10 nitrogen and oxygen atoms in total. The van der Waals surface area contributed by atoms with E-state index >= 15 is 4.79 Å². The summed E-state index contributed by atoms with van der Waals surface area (Å²) in [7, 11) is -1.80. The molecule has 4 aromatic carbocycles. The second kappa shape index (κ2) is 13.2. The Morgan fingerprint density at radius 1 is 0.788 bits per heavy atom. The van der Waals surface area contributed by atoms with E-state index < -0.39 is 65.8 Å². The third kappa shape index (κ3) is 5.06. The van der Waals surface area contributed by atoms with Crippen molar-refractivity contribution in [3.8, 4) is 5.75 Å². The summed E-state index contributed by atoms with van der Waals surface area (Å²) in [4.78, 5) is 61.4. The first kappa shape index (κ1) is 34.0. The molecule has 3 N–H and O–H groups in total. The molecule has 2 aliphatic heterocycles. The van der Waals surface area contributed by atoms with Gasteiger partial charge in [0.15, 0.2) is 0 Å². The van der Waals surface area contributed by atoms with Crippen molar-refractivity contribution in [2.24, 2.45) is 23.7 Å². The lowest BCUT2D eigenvalue weighted by Crippen LogP contribution is -2.53. The number of ether oxygens (including phenoxy) is 1. The van der Waals surface area contributed by atoms with Gasteiger partial charge >= 0.3 is 7.12 Å². The summed E-state index contributed by atoms with van der Waals surface area (Å²) in [6.07, 6.45) is 2.29. The summed E-state index contributed by atoms with van der Waals surface area (Å²) in [5.41, 5.74) is 1.21. The van der Waals surface area contributed by atoms with E-state index in [4.69, 9.17) is 16.3 Å². The third-order valence-electron chi connectivity index (χ3n) is 11.2. The van der Waals surface area contributed by atoms with E-state index in [1.54, 1.807) is 48.5 Å². The molecule has 262 valence electrons. The maximum absolute atomic E-state index is 15.4. The summed E-state index contributed by atoms with van der Waals surface area (Å²) in [5.74, 6) is -5.25. The number of halogens is 1. The van der Waals surface area contributed by atoms with Crippen molar-refractivity contribution in [3.63, 3.8) is 0 Å². The number of carbonyl (C=O) groups excluding carboxylic acids is 4. The number of nitrogens with zero attached hydrogens (tertiary/aromatic N) is 2. The van der Waals surface area contributed by atoms with E-state index in [1.807, 2.05) is 48.5 Å². The number of hydrogen-bond donors (Lipinski definition) is 3. The van der Waals surface area contributed by atoms with Crippen molar-refractivity contribution in [1.82, 2.24) is 0 Å². The number of rotatable bonds is 8. The maximum Gasteiger partial charge on any atom is 0.488 e. The summed E-state index contributed by atoms with van der Waals surface area (Å²) >= 11 is 6.40. The average molecular weight is 717 g/mol. The van der Waals surface area contributed by atoms with Crippen molar-refractivity contribution in [2.75, 3.05) is 23.0 Å². The highest BCUT2D eigenvalue weighted by Crippen LogP contribution is 2.65. The van der Waals surface area contributed by atoms with Gasteiger partial charge in [-0.05, 0) is 66.2 Å². The van der Waals surface area contributed by atoms with Crippen LogP contribution in [-0.2, 0) is 24.6 Å². The largest absolute Gasteiger partial charge is 0.491 e. The van der Waals surface area contributed by atoms with Gasteiger partial charge in [-0.15, -0.1) is 0 Å². The fourth-order valence-electron chi connectivity index (χ4n) is 9.17. The Morgan fingerprint density at radius 3 is 2.23 bits per heavy atom. The monoisotopic (exact) mass is 716 g/mol. The molecular formula is C40H34BClN2O8. The van der Waals surface area contributed by atoms with E-state index in [-0.39, 0.29) is 37.2 Å². The van der Waals surface area contributed by atoms with Crippen molar-refractivity contribution in [3.05, 3.63) is 131 Å². The van der Waals surface area contributed by atoms with Gasteiger partial charge in [-0.3, -0.25) is 24.1 Å². The van der Waals surface area contributed by atoms with Crippen molar-refractivity contribution < 1.29 is 39.1 Å². The zero-order valence-corrected chi connectivity index (χ0v) is 28.6. The minimum atomic E-state index is -1.80. The molecule has 4 amide bonds. The SMILES string of the molecule is O=C1[C@H]2[C@H](CC=C3[C@H]2C[C@H]2C(=O)N(c4cccc(Cl)c4)C(=O)[C@@]2(c2ccccc2)[C@H]3c2ccccc2OCCO)C(=O)N1c1cccc(B(O)O)c1. The highest BCUT2D eigenvalue weighted by atomic mass is 35.5. The smallest absolute Gasteiger partial charge is 0.488 e. The van der Waals surface area contributed by atoms with Gasteiger partial charge in [0, 0.05) is 16.5 Å². The lowest BCUT2D eigenvalue weighted by Gasteiger charge is -2.51. The molecule has 4 aromatic rings. The number of imide groups is 2. The molecule has 1 saturated carbocycles. The van der Waals surface area contributed by atoms with Crippen LogP contribution >= 0.6 is 11.6 Å². The van der Waals surface area contributed by atoms with Gasteiger partial charge in [-0.25, -0.2) is 4.90 Å². The van der Waals surface area contributed by atoms with Gasteiger partial charge in [0.25, 0.3) is 0 Å². The average Bonchev–Trinajstić information content (AvgIpc) is 3.55. The molecule has 0 bridgehead atoms. The Balaban J connectivity index is 1.34. The standard InChI is InChI=1S/C40H34BClN2O8/c42-25-11-7-13-27(21-25)44-37(47)32-22-31-28(16-17-30-34(31)38(48)43(36(30)46)26-12-6-10-24(20-26)41(50)51)35(29-14-4-5-15-33(29)52-19-18-45)40(32,39(44)49)23-8-2-1-3-9-23/h1-16,20-21,30-32,34-35,45,50-51H,17-19,22H2/t30-,31+,32-,34-,35+,40+/m0/s1. The number of anilines is 2. The van der Waals surface area contributed by atoms with Crippen LogP contribution in [0.3, 0.4) is 0 Å². The quantitative estimate of drug-likeness (QED) is 0.142. The number of benzene rings is 4. The van der Waals surface area contributed by atoms with Gasteiger partial charge < -0.3 is 19.9 Å². The maximum atomic E-state index is 15.4. The van der Waals surface area contributed by atoms with Crippen LogP contribution in [0.4, 0.5) is 11.4 Å². The minimum absolute atomic E-state index is 0.0102. The topological polar surface area (TPSA) is 145 Å². The Labute approximate surface area is 305 Å². The molecule has 0 spiro atoms. The summed E-state index contributed by atoms with van der Waals surface area (Å²) < 4.78 is 6.09. The predicted octanol–water partition coefficient (Wildman–Crippen LogP) is 3.76. The summed E-state index contributed by atoms with van der Waals surface area (Å²) in [5, 5.41) is 29.7. The van der Waals surface area contributed by atoms with Crippen LogP contribution in [0.15, 0.2) is 115 Å². The van der Waals surface area contributed by atoms with Crippen LogP contribution in [0.5, 0.6) is 5.75 Å². The fourth-order valence-corrected chi connectivity index (χ4v) is 9.36. The van der Waals surface area contributed by atoms with E-state index in [0.717, 1.165) is 10.5 Å². The second-order valence-electron chi connectivity index (χ2n) is 13.7. The van der Waals surface area contributed by atoms with Crippen LogP contribution in [0, 0.1) is 23.7 Å². The van der Waals surface area contributed by atoms with E-state index in [0.29, 0.717) is 27.6 Å². The second-order valence-corrected chi connectivity index (χ2v) is 14.1. The first-order chi connectivity index (χ1) is 25.2. The Bertz CT molecular complexity index is 2140. The van der Waals surface area contributed by atoms with Gasteiger partial charge in [-0.1, -0.05) is 90.0 Å². The molecule has 0 unspecified atom stereocenters. The van der Waals surface area contributed by atoms with Crippen LogP contribution in [0.2, 0.25) is 5.02 Å². The van der Waals surface area contributed by atoms with Crippen molar-refractivity contribution in [1.29, 1.82) is 0 Å². The summed E-state index contributed by atoms with van der Waals surface area (Å²) in [6.45, 7) is -0.259. The first-order valence-corrected chi connectivity index (χ1v) is 17.6. The Kier molecular flexibility index (Phi) is 8.62. The van der Waals surface area contributed by atoms with Gasteiger partial charge in [0.05, 0.1) is 41.2 Å².